The van der Waals surface area contributed by atoms with Crippen molar-refractivity contribution < 1.29 is 28.5 Å². The van der Waals surface area contributed by atoms with Gasteiger partial charge in [-0.05, 0) is 122 Å². The van der Waals surface area contributed by atoms with E-state index in [2.05, 4.69) is 45.2 Å². The van der Waals surface area contributed by atoms with Gasteiger partial charge in [-0.1, -0.05) is 41.7 Å². The fraction of sp³-hybridized carbons (Fsp3) is 0.278. The first-order valence-corrected chi connectivity index (χ1v) is 18.3. The average molecular weight is 893 g/mol. The number of thiazole rings is 1. The molecule has 0 spiro atoms. The number of hydrogen-bond acceptors (Lipinski definition) is 9. The van der Waals surface area contributed by atoms with Crippen LogP contribution in [0.1, 0.15) is 67.7 Å². The Morgan fingerprint density at radius 2 is 1.69 bits per heavy atom. The molecule has 0 aliphatic carbocycles. The van der Waals surface area contributed by atoms with Crippen molar-refractivity contribution in [2.24, 2.45) is 4.99 Å². The van der Waals surface area contributed by atoms with E-state index < -0.39 is 12.0 Å². The van der Waals surface area contributed by atoms with E-state index in [0.717, 1.165) is 18.3 Å². The van der Waals surface area contributed by atoms with Crippen LogP contribution in [0.5, 0.6) is 11.5 Å². The zero-order valence-corrected chi connectivity index (χ0v) is 32.2. The van der Waals surface area contributed by atoms with Crippen LogP contribution in [0.4, 0.5) is 0 Å². The number of allylic oxidation sites excluding steroid dienone is 1. The lowest BCUT2D eigenvalue weighted by Gasteiger charge is -2.26. The molecule has 1 aliphatic rings. The normalized spacial score (nSPS) is 14.4. The molecule has 9 nitrogen and oxygen atoms in total. The number of carbonyl (C=O) groups excluding carboxylic acids is 2. The molecule has 250 valence electrons. The molecule has 5 rings (SSSR count). The van der Waals surface area contributed by atoms with Crippen LogP contribution in [0.25, 0.3) is 6.08 Å². The van der Waals surface area contributed by atoms with Gasteiger partial charge in [-0.2, -0.15) is 0 Å². The molecule has 0 radical (unpaired) electrons. The third-order valence-corrected chi connectivity index (χ3v) is 9.67. The zero-order chi connectivity index (χ0) is 34.5. The Bertz CT molecular complexity index is 2070. The number of ether oxygens (including phenoxy) is 4. The van der Waals surface area contributed by atoms with E-state index in [0.29, 0.717) is 44.3 Å². The molecule has 12 heteroatoms. The van der Waals surface area contributed by atoms with E-state index in [1.54, 1.807) is 37.5 Å². The summed E-state index contributed by atoms with van der Waals surface area (Å²) >= 11 is 5.72. The molecule has 3 aromatic carbocycles. The molecule has 48 heavy (non-hydrogen) atoms. The quantitative estimate of drug-likeness (QED) is 0.124. The number of rotatable bonds is 11. The topological polar surface area (TPSA) is 105 Å². The predicted molar refractivity (Wildman–Crippen MR) is 201 cm³/mol. The number of nitrogens with zero attached hydrogens (tertiary/aromatic N) is 2. The van der Waals surface area contributed by atoms with E-state index in [9.17, 15) is 14.4 Å². The van der Waals surface area contributed by atoms with E-state index in [4.69, 9.17) is 23.9 Å². The van der Waals surface area contributed by atoms with Gasteiger partial charge in [0.25, 0.3) is 5.56 Å². The van der Waals surface area contributed by atoms with Crippen LogP contribution in [0.3, 0.4) is 0 Å². The number of carbonyl (C=O) groups is 2. The van der Waals surface area contributed by atoms with Crippen LogP contribution in [0.15, 0.2) is 81.7 Å². The lowest BCUT2D eigenvalue weighted by Crippen LogP contribution is -2.40. The van der Waals surface area contributed by atoms with Gasteiger partial charge >= 0.3 is 11.9 Å². The highest BCUT2D eigenvalue weighted by atomic mass is 127. The maximum absolute atomic E-state index is 14.3. The van der Waals surface area contributed by atoms with E-state index in [-0.39, 0.29) is 36.4 Å². The van der Waals surface area contributed by atoms with Crippen LogP contribution in [-0.4, -0.2) is 35.8 Å². The van der Waals surface area contributed by atoms with Crippen LogP contribution >= 0.6 is 56.5 Å². The van der Waals surface area contributed by atoms with Crippen molar-refractivity contribution in [2.45, 2.75) is 53.4 Å². The molecule has 0 N–H and O–H groups in total. The number of esters is 2. The molecule has 0 fully saturated rings. The van der Waals surface area contributed by atoms with Crippen molar-refractivity contribution in [3.8, 4) is 11.5 Å². The molecule has 2 heterocycles. The standard InChI is InChI=1S/C36H34I2N2O7S/c1-6-44-34(42)23-14-12-22(13-15-23)19-46-32-24(16-25(37)18-27(32)38)17-29-33(41)40-31(26-10-8-9-11-28(26)47-20(3)4)30(35(43)45-7-2)21(5)39-36(40)48-29/h8-18,20,31H,6-7,19H2,1-5H3/b29-17-/t31-/m1/s1. The Morgan fingerprint density at radius 1 is 1.00 bits per heavy atom. The van der Waals surface area contributed by atoms with Crippen LogP contribution < -0.4 is 24.4 Å². The van der Waals surface area contributed by atoms with Gasteiger partial charge < -0.3 is 18.9 Å². The van der Waals surface area contributed by atoms with Crippen LogP contribution in [0, 0.1) is 7.14 Å². The third-order valence-electron chi connectivity index (χ3n) is 7.27. The van der Waals surface area contributed by atoms with Crippen molar-refractivity contribution >= 4 is 74.5 Å². The number of aromatic nitrogens is 1. The lowest BCUT2D eigenvalue weighted by molar-refractivity contribution is -0.139. The summed E-state index contributed by atoms with van der Waals surface area (Å²) in [6, 6.07) is 17.7. The molecule has 4 aromatic rings. The Morgan fingerprint density at radius 3 is 2.38 bits per heavy atom. The first kappa shape index (κ1) is 35.8. The van der Waals surface area contributed by atoms with Gasteiger partial charge in [-0.3, -0.25) is 9.36 Å². The van der Waals surface area contributed by atoms with E-state index >= 15 is 0 Å². The molecule has 0 bridgehead atoms. The number of para-hydroxylation sites is 1. The minimum absolute atomic E-state index is 0.130. The van der Waals surface area contributed by atoms with E-state index in [1.807, 2.05) is 68.5 Å². The second kappa shape index (κ2) is 15.8. The van der Waals surface area contributed by atoms with Crippen molar-refractivity contribution in [1.82, 2.24) is 4.57 Å². The second-order valence-electron chi connectivity index (χ2n) is 11.0. The highest BCUT2D eigenvalue weighted by molar-refractivity contribution is 14.1. The van der Waals surface area contributed by atoms with Gasteiger partial charge in [-0.25, -0.2) is 14.6 Å². The zero-order valence-electron chi connectivity index (χ0n) is 27.0. The summed E-state index contributed by atoms with van der Waals surface area (Å²) < 4.78 is 26.9. The van der Waals surface area contributed by atoms with Gasteiger partial charge in [-0.15, -0.1) is 0 Å². The van der Waals surface area contributed by atoms with Crippen molar-refractivity contribution in [1.29, 1.82) is 0 Å². The summed E-state index contributed by atoms with van der Waals surface area (Å²) in [7, 11) is 0. The maximum atomic E-state index is 14.3. The molecular formula is C36H34I2N2O7S. The molecule has 1 atom stereocenters. The highest BCUT2D eigenvalue weighted by Gasteiger charge is 2.35. The van der Waals surface area contributed by atoms with Crippen molar-refractivity contribution in [3.05, 3.63) is 121 Å². The first-order valence-electron chi connectivity index (χ1n) is 15.4. The molecule has 1 aromatic heterocycles. The predicted octanol–water partition coefficient (Wildman–Crippen LogP) is 6.55. The minimum Gasteiger partial charge on any atom is -0.491 e. The smallest absolute Gasteiger partial charge is 0.338 e. The summed E-state index contributed by atoms with van der Waals surface area (Å²) in [6.07, 6.45) is 1.68. The van der Waals surface area contributed by atoms with Crippen LogP contribution in [-0.2, 0) is 20.9 Å². The molecule has 0 amide bonds. The Labute approximate surface area is 309 Å². The number of benzene rings is 3. The van der Waals surface area contributed by atoms with E-state index in [1.165, 1.54) is 11.3 Å². The summed E-state index contributed by atoms with van der Waals surface area (Å²) in [5.41, 5.74) is 3.20. The second-order valence-corrected chi connectivity index (χ2v) is 14.4. The monoisotopic (exact) mass is 892 g/mol. The molecule has 1 aliphatic heterocycles. The first-order chi connectivity index (χ1) is 23.0. The van der Waals surface area contributed by atoms with Gasteiger partial charge in [0.05, 0.1) is 44.3 Å². The maximum Gasteiger partial charge on any atom is 0.338 e. The SMILES string of the molecule is CCOC(=O)C1=C(C)N=c2s/c(=C\c3cc(I)cc(I)c3OCc3ccc(C(=O)OCC)cc3)c(=O)n2[C@@H]1c1ccccc1OC(C)C. The van der Waals surface area contributed by atoms with Crippen molar-refractivity contribution in [2.75, 3.05) is 13.2 Å². The fourth-order valence-corrected chi connectivity index (χ4v) is 8.32. The molecular weight excluding hydrogens is 858 g/mol. The van der Waals surface area contributed by atoms with Gasteiger partial charge in [0, 0.05) is 14.7 Å². The summed E-state index contributed by atoms with van der Waals surface area (Å²) in [6.45, 7) is 9.86. The average Bonchev–Trinajstić information content (AvgIpc) is 3.34. The molecule has 0 unspecified atom stereocenters. The third kappa shape index (κ3) is 7.86. The Hall–Kier alpha value is -3.50. The van der Waals surface area contributed by atoms with Gasteiger partial charge in [0.2, 0.25) is 0 Å². The fourth-order valence-electron chi connectivity index (χ4n) is 5.24. The van der Waals surface area contributed by atoms with Crippen LogP contribution in [0.2, 0.25) is 0 Å². The molecule has 0 saturated heterocycles. The van der Waals surface area contributed by atoms with Gasteiger partial charge in [0.15, 0.2) is 4.80 Å². The number of fused-ring (bicyclic) bond motifs is 1. The summed E-state index contributed by atoms with van der Waals surface area (Å²) in [4.78, 5) is 45.0. The minimum atomic E-state index is -0.804. The largest absolute Gasteiger partial charge is 0.491 e. The highest BCUT2D eigenvalue weighted by Crippen LogP contribution is 2.36. The summed E-state index contributed by atoms with van der Waals surface area (Å²) in [5.74, 6) is 0.285. The number of halogens is 2. The van der Waals surface area contributed by atoms with Gasteiger partial charge in [0.1, 0.15) is 24.1 Å². The Kier molecular flexibility index (Phi) is 11.8. The number of hydrogen-bond donors (Lipinski definition) is 0. The summed E-state index contributed by atoms with van der Waals surface area (Å²) in [5, 5.41) is 0. The lowest BCUT2D eigenvalue weighted by atomic mass is 9.95. The Balaban J connectivity index is 1.60. The molecule has 0 saturated carbocycles. The van der Waals surface area contributed by atoms with Crippen molar-refractivity contribution in [3.63, 3.8) is 0 Å².